The molecule has 0 bridgehead atoms. The Morgan fingerprint density at radius 2 is 1.76 bits per heavy atom. The second-order valence-electron chi connectivity index (χ2n) is 7.70. The van der Waals surface area contributed by atoms with Crippen LogP contribution in [0.15, 0.2) is 48.7 Å². The van der Waals surface area contributed by atoms with Gasteiger partial charge in [-0.05, 0) is 36.6 Å². The van der Waals surface area contributed by atoms with Crippen molar-refractivity contribution in [2.75, 3.05) is 26.2 Å². The van der Waals surface area contributed by atoms with Crippen LogP contribution in [0.5, 0.6) is 5.75 Å². The first-order chi connectivity index (χ1) is 13.9. The van der Waals surface area contributed by atoms with Crippen molar-refractivity contribution in [2.45, 2.75) is 33.7 Å². The minimum Gasteiger partial charge on any atom is -0.484 e. The molecule has 2 aromatic rings. The molecule has 0 atom stereocenters. The van der Waals surface area contributed by atoms with Crippen LogP contribution in [0.25, 0.3) is 0 Å². The number of amides is 2. The summed E-state index contributed by atoms with van der Waals surface area (Å²) in [7, 11) is 1.97. The molecule has 158 valence electrons. The molecule has 0 saturated carbocycles. The van der Waals surface area contributed by atoms with Crippen LogP contribution >= 0.6 is 0 Å². The van der Waals surface area contributed by atoms with Gasteiger partial charge in [0.2, 0.25) is 5.91 Å². The largest absolute Gasteiger partial charge is 0.484 e. The maximum absolute atomic E-state index is 13.1. The van der Waals surface area contributed by atoms with E-state index >= 15 is 0 Å². The highest BCUT2D eigenvalue weighted by molar-refractivity contribution is 5.85. The molecule has 0 fully saturated rings. The van der Waals surface area contributed by atoms with Gasteiger partial charge in [-0.15, -0.1) is 0 Å². The summed E-state index contributed by atoms with van der Waals surface area (Å²) in [5.74, 6) is 0.776. The van der Waals surface area contributed by atoms with E-state index in [0.29, 0.717) is 31.3 Å². The number of aryl methyl sites for hydroxylation is 1. The smallest absolute Gasteiger partial charge is 0.260 e. The van der Waals surface area contributed by atoms with Crippen molar-refractivity contribution in [3.8, 4) is 5.75 Å². The summed E-state index contributed by atoms with van der Waals surface area (Å²) in [6.07, 6.45) is 2.76. The van der Waals surface area contributed by atoms with Gasteiger partial charge < -0.3 is 19.1 Å². The Morgan fingerprint density at radius 1 is 1.03 bits per heavy atom. The van der Waals surface area contributed by atoms with Gasteiger partial charge in [0.25, 0.3) is 5.91 Å². The lowest BCUT2D eigenvalue weighted by molar-refractivity contribution is -0.142. The molecule has 1 heterocycles. The van der Waals surface area contributed by atoms with Crippen LogP contribution in [0.2, 0.25) is 0 Å². The predicted molar refractivity (Wildman–Crippen MR) is 114 cm³/mol. The van der Waals surface area contributed by atoms with Crippen LogP contribution in [-0.2, 0) is 23.2 Å². The van der Waals surface area contributed by atoms with E-state index < -0.39 is 0 Å². The lowest BCUT2D eigenvalue weighted by Gasteiger charge is -2.29. The van der Waals surface area contributed by atoms with E-state index in [-0.39, 0.29) is 25.0 Å². The Hall–Kier alpha value is -2.76. The lowest BCUT2D eigenvalue weighted by atomic mass is 10.2. The Bertz CT molecular complexity index is 771. The van der Waals surface area contributed by atoms with Gasteiger partial charge in [0.1, 0.15) is 5.75 Å². The molecule has 0 spiro atoms. The number of carbonyl (C=O) groups is 2. The Labute approximate surface area is 174 Å². The van der Waals surface area contributed by atoms with Crippen LogP contribution in [0.1, 0.15) is 32.9 Å². The van der Waals surface area contributed by atoms with Gasteiger partial charge in [-0.1, -0.05) is 39.0 Å². The molecule has 29 heavy (non-hydrogen) atoms. The molecule has 0 radical (unpaired) electrons. The second-order valence-corrected chi connectivity index (χ2v) is 7.70. The van der Waals surface area contributed by atoms with Crippen molar-refractivity contribution in [1.29, 1.82) is 0 Å². The van der Waals surface area contributed by atoms with E-state index in [0.717, 1.165) is 12.1 Å². The van der Waals surface area contributed by atoms with Crippen molar-refractivity contribution in [3.63, 3.8) is 0 Å². The summed E-state index contributed by atoms with van der Waals surface area (Å²) < 4.78 is 7.60. The summed E-state index contributed by atoms with van der Waals surface area (Å²) in [5, 5.41) is 0. The average Bonchev–Trinajstić information content (AvgIpc) is 3.10. The molecule has 2 rings (SSSR count). The van der Waals surface area contributed by atoms with Crippen LogP contribution in [0.3, 0.4) is 0 Å². The highest BCUT2D eigenvalue weighted by Crippen LogP contribution is 2.11. The minimum absolute atomic E-state index is 0.0404. The van der Waals surface area contributed by atoms with Crippen LogP contribution < -0.4 is 4.74 Å². The normalized spacial score (nSPS) is 10.8. The van der Waals surface area contributed by atoms with E-state index in [1.165, 1.54) is 0 Å². The van der Waals surface area contributed by atoms with E-state index in [1.54, 1.807) is 4.90 Å². The van der Waals surface area contributed by atoms with E-state index in [9.17, 15) is 9.59 Å². The zero-order valence-corrected chi connectivity index (χ0v) is 18.0. The molecule has 0 aliphatic rings. The molecule has 2 amide bonds. The van der Waals surface area contributed by atoms with Crippen molar-refractivity contribution >= 4 is 11.8 Å². The van der Waals surface area contributed by atoms with Gasteiger partial charge in [0, 0.05) is 32.0 Å². The molecule has 1 aromatic carbocycles. The fourth-order valence-electron chi connectivity index (χ4n) is 3.13. The quantitative estimate of drug-likeness (QED) is 0.582. The van der Waals surface area contributed by atoms with Gasteiger partial charge in [-0.2, -0.15) is 0 Å². The molecule has 1 aromatic heterocycles. The molecule has 0 aliphatic heterocycles. The Balaban J connectivity index is 2.01. The molecule has 6 nitrogen and oxygen atoms in total. The Morgan fingerprint density at radius 3 is 2.34 bits per heavy atom. The van der Waals surface area contributed by atoms with Crippen molar-refractivity contribution in [3.05, 3.63) is 54.4 Å². The minimum atomic E-state index is -0.174. The highest BCUT2D eigenvalue weighted by Gasteiger charge is 2.22. The fourth-order valence-corrected chi connectivity index (χ4v) is 3.13. The maximum Gasteiger partial charge on any atom is 0.260 e. The van der Waals surface area contributed by atoms with Gasteiger partial charge in [-0.3, -0.25) is 9.59 Å². The number of nitrogens with zero attached hydrogens (tertiary/aromatic N) is 3. The number of rotatable bonds is 11. The van der Waals surface area contributed by atoms with Crippen LogP contribution in [-0.4, -0.2) is 52.4 Å². The standard InChI is InChI=1S/C23H33N3O3/c1-5-13-25(23(28)18-29-21-11-7-6-8-12-21)17-22(27)26(15-19(2)3)16-20-10-9-14-24(20)4/h6-12,14,19H,5,13,15-18H2,1-4H3. The number of hydrogen-bond acceptors (Lipinski definition) is 3. The lowest BCUT2D eigenvalue weighted by Crippen LogP contribution is -2.45. The molecule has 0 saturated heterocycles. The van der Waals surface area contributed by atoms with Crippen LogP contribution in [0, 0.1) is 5.92 Å². The number of ether oxygens (including phenoxy) is 1. The van der Waals surface area contributed by atoms with Gasteiger partial charge in [-0.25, -0.2) is 0 Å². The number of benzene rings is 1. The Kier molecular flexibility index (Phi) is 8.77. The van der Waals surface area contributed by atoms with E-state index in [2.05, 4.69) is 13.8 Å². The topological polar surface area (TPSA) is 54.8 Å². The summed E-state index contributed by atoms with van der Waals surface area (Å²) in [5.41, 5.74) is 1.07. The molecule has 0 unspecified atom stereocenters. The van der Waals surface area contributed by atoms with E-state index in [4.69, 9.17) is 4.74 Å². The highest BCUT2D eigenvalue weighted by atomic mass is 16.5. The third-order valence-corrected chi connectivity index (χ3v) is 4.62. The number of para-hydroxylation sites is 1. The first-order valence-electron chi connectivity index (χ1n) is 10.2. The number of carbonyl (C=O) groups excluding carboxylic acids is 2. The zero-order chi connectivity index (χ0) is 21.2. The summed E-state index contributed by atoms with van der Waals surface area (Å²) in [6, 6.07) is 13.2. The molecular formula is C23H33N3O3. The second kappa shape index (κ2) is 11.3. The predicted octanol–water partition coefficient (Wildman–Crippen LogP) is 3.33. The van der Waals surface area contributed by atoms with Crippen LogP contribution in [0.4, 0.5) is 0 Å². The summed E-state index contributed by atoms with van der Waals surface area (Å²) in [6.45, 7) is 7.90. The summed E-state index contributed by atoms with van der Waals surface area (Å²) in [4.78, 5) is 29.2. The van der Waals surface area contributed by atoms with E-state index in [1.807, 2.05) is 72.1 Å². The fraction of sp³-hybridized carbons (Fsp3) is 0.478. The molecule has 0 N–H and O–H groups in total. The third-order valence-electron chi connectivity index (χ3n) is 4.62. The molecule has 6 heteroatoms. The average molecular weight is 400 g/mol. The molecular weight excluding hydrogens is 366 g/mol. The number of hydrogen-bond donors (Lipinski definition) is 0. The summed E-state index contributed by atoms with van der Waals surface area (Å²) >= 11 is 0. The monoisotopic (exact) mass is 399 g/mol. The third kappa shape index (κ3) is 7.29. The van der Waals surface area contributed by atoms with Crippen molar-refractivity contribution in [1.82, 2.24) is 14.4 Å². The first kappa shape index (κ1) is 22.5. The van der Waals surface area contributed by atoms with Gasteiger partial charge in [0.15, 0.2) is 6.61 Å². The van der Waals surface area contributed by atoms with Gasteiger partial charge >= 0.3 is 0 Å². The molecule has 0 aliphatic carbocycles. The van der Waals surface area contributed by atoms with Crippen molar-refractivity contribution in [2.24, 2.45) is 13.0 Å². The first-order valence-corrected chi connectivity index (χ1v) is 10.2. The SMILES string of the molecule is CCCN(CC(=O)N(Cc1cccn1C)CC(C)C)C(=O)COc1ccccc1. The maximum atomic E-state index is 13.1. The van der Waals surface area contributed by atoms with Crippen molar-refractivity contribution < 1.29 is 14.3 Å². The zero-order valence-electron chi connectivity index (χ0n) is 18.0. The number of aromatic nitrogens is 1. The van der Waals surface area contributed by atoms with Gasteiger partial charge in [0.05, 0.1) is 13.1 Å².